The monoisotopic (exact) mass is 172 g/mol. The minimum absolute atomic E-state index is 0.150. The molecule has 0 saturated heterocycles. The number of rotatable bonds is 0. The van der Waals surface area contributed by atoms with Gasteiger partial charge in [-0.3, -0.25) is 0 Å². The second kappa shape index (κ2) is 16.4. The lowest BCUT2D eigenvalue weighted by atomic mass is 10.0. The molecule has 68 valence electrons. The third kappa shape index (κ3) is 23.3. The van der Waals surface area contributed by atoms with Crippen LogP contribution in [0.15, 0.2) is 0 Å². The van der Waals surface area contributed by atoms with E-state index in [-0.39, 0.29) is 12.8 Å². The molecule has 0 aromatic heterocycles. The van der Waals surface area contributed by atoms with Crippen LogP contribution >= 0.6 is 0 Å². The molecule has 0 amide bonds. The standard InChI is InChI=1S/C6H12.2CHNO/c1-2-4-6-5-3-1;2*2-1-3/h1-6H2;2*2H/i1D,6D;;. The van der Waals surface area contributed by atoms with Gasteiger partial charge in [0, 0.05) is 2.74 Å². The van der Waals surface area contributed by atoms with E-state index in [9.17, 15) is 0 Å². The van der Waals surface area contributed by atoms with Crippen LogP contribution in [0.1, 0.15) is 41.2 Å². The number of hydrogen-bond donors (Lipinski definition) is 2. The van der Waals surface area contributed by atoms with E-state index < -0.39 is 0 Å². The van der Waals surface area contributed by atoms with Crippen LogP contribution in [0.4, 0.5) is 0 Å². The lowest BCUT2D eigenvalue weighted by molar-refractivity contribution is 0.504. The fraction of sp³-hybridized carbons (Fsp3) is 0.750. The summed E-state index contributed by atoms with van der Waals surface area (Å²) < 4.78 is 14.6. The van der Waals surface area contributed by atoms with E-state index in [1.807, 2.05) is 0 Å². The Morgan fingerprint density at radius 3 is 1.25 bits per heavy atom. The molecule has 0 unspecified atom stereocenters. The Bertz CT molecular complexity index is 170. The Hall–Kier alpha value is -1.24. The van der Waals surface area contributed by atoms with Crippen LogP contribution in [0.2, 0.25) is 0 Å². The van der Waals surface area contributed by atoms with E-state index in [2.05, 4.69) is 0 Å². The molecule has 1 fully saturated rings. The van der Waals surface area contributed by atoms with E-state index in [4.69, 9.17) is 23.1 Å². The molecule has 0 bridgehead atoms. The van der Waals surface area contributed by atoms with Gasteiger partial charge >= 0.3 is 0 Å². The van der Waals surface area contributed by atoms with Crippen molar-refractivity contribution in [1.82, 2.24) is 0 Å². The summed E-state index contributed by atoms with van der Waals surface area (Å²) in [4.78, 5) is 16.7. The maximum absolute atomic E-state index is 8.35. The third-order valence-corrected chi connectivity index (χ3v) is 1.15. The van der Waals surface area contributed by atoms with E-state index in [0.717, 1.165) is 37.8 Å². The Balaban J connectivity index is 0. The van der Waals surface area contributed by atoms with E-state index in [1.54, 1.807) is 0 Å². The van der Waals surface area contributed by atoms with Crippen molar-refractivity contribution >= 4 is 12.2 Å². The molecular weight excluding hydrogens is 156 g/mol. The molecule has 0 spiro atoms. The van der Waals surface area contributed by atoms with Gasteiger partial charge in [-0.25, -0.2) is 20.4 Å². The summed E-state index contributed by atoms with van der Waals surface area (Å²) in [5.74, 6) is 0. The van der Waals surface area contributed by atoms with Crippen LogP contribution in [0.5, 0.6) is 0 Å². The van der Waals surface area contributed by atoms with Gasteiger partial charge in [0.2, 0.25) is 12.2 Å². The summed E-state index contributed by atoms with van der Waals surface area (Å²) in [6.45, 7) is 0. The first-order valence-corrected chi connectivity index (χ1v) is 3.54. The first-order valence-electron chi connectivity index (χ1n) is 4.70. The van der Waals surface area contributed by atoms with Crippen molar-refractivity contribution in [2.75, 3.05) is 0 Å². The summed E-state index contributed by atoms with van der Waals surface area (Å²) in [5.41, 5.74) is 0. The highest BCUT2D eigenvalue weighted by Gasteiger charge is 1.95. The second-order valence-electron chi connectivity index (χ2n) is 1.94. The van der Waals surface area contributed by atoms with Crippen LogP contribution in [0.3, 0.4) is 0 Å². The van der Waals surface area contributed by atoms with Gasteiger partial charge in [-0.05, 0) is 0 Å². The maximum Gasteiger partial charge on any atom is 0.231 e. The summed E-state index contributed by atoms with van der Waals surface area (Å²) in [5, 5.41) is 10.8. The van der Waals surface area contributed by atoms with E-state index in [0.29, 0.717) is 0 Å². The molecular formula is C8H14N2O2. The molecule has 1 saturated carbocycles. The summed E-state index contributed by atoms with van der Waals surface area (Å²) >= 11 is 0. The SMILES string of the molecule is N=C=O.N=C=O.[2H]C1CCC([2H])CC1. The van der Waals surface area contributed by atoms with Gasteiger partial charge < -0.3 is 0 Å². The van der Waals surface area contributed by atoms with E-state index >= 15 is 0 Å². The van der Waals surface area contributed by atoms with Crippen LogP contribution in [-0.4, -0.2) is 12.2 Å². The predicted molar refractivity (Wildman–Crippen MR) is 44.5 cm³/mol. The van der Waals surface area contributed by atoms with Crippen LogP contribution in [0.25, 0.3) is 0 Å². The Morgan fingerprint density at radius 1 is 0.917 bits per heavy atom. The molecule has 12 heavy (non-hydrogen) atoms. The normalized spacial score (nSPS) is 28.0. The van der Waals surface area contributed by atoms with Gasteiger partial charge in [-0.1, -0.05) is 38.5 Å². The zero-order valence-corrected chi connectivity index (χ0v) is 6.80. The highest BCUT2D eigenvalue weighted by molar-refractivity contribution is 5.26. The Kier molecular flexibility index (Phi) is 12.1. The maximum atomic E-state index is 8.35. The predicted octanol–water partition coefficient (Wildman–Crippen LogP) is 2.14. The third-order valence-electron chi connectivity index (χ3n) is 1.15. The molecule has 0 atom stereocenters. The average Bonchev–Trinajstić information content (AvgIpc) is 2.13. The minimum atomic E-state index is 0.150. The Labute approximate surface area is 74.8 Å². The summed E-state index contributed by atoms with van der Waals surface area (Å²) in [6.07, 6.45) is 5.61. The lowest BCUT2D eigenvalue weighted by Crippen LogP contribution is -1.85. The summed E-state index contributed by atoms with van der Waals surface area (Å²) in [7, 11) is 0. The van der Waals surface area contributed by atoms with Crippen molar-refractivity contribution in [2.45, 2.75) is 38.5 Å². The summed E-state index contributed by atoms with van der Waals surface area (Å²) in [6, 6.07) is 0. The largest absolute Gasteiger partial charge is 0.231 e. The van der Waals surface area contributed by atoms with Gasteiger partial charge in [0.1, 0.15) is 0 Å². The van der Waals surface area contributed by atoms with Crippen molar-refractivity contribution in [3.8, 4) is 0 Å². The molecule has 0 heterocycles. The van der Waals surface area contributed by atoms with Crippen LogP contribution < -0.4 is 0 Å². The van der Waals surface area contributed by atoms with Gasteiger partial charge in [0.25, 0.3) is 0 Å². The van der Waals surface area contributed by atoms with Gasteiger partial charge in [0.05, 0.1) is 0 Å². The molecule has 1 rings (SSSR count). The average molecular weight is 172 g/mol. The number of carbonyl (C=O) groups excluding carboxylic acids is 2. The highest BCUT2D eigenvalue weighted by Crippen LogP contribution is 2.15. The molecule has 0 aliphatic heterocycles. The quantitative estimate of drug-likeness (QED) is 0.433. The van der Waals surface area contributed by atoms with Crippen molar-refractivity contribution in [1.29, 1.82) is 10.8 Å². The zero-order valence-electron chi connectivity index (χ0n) is 8.80. The molecule has 1 aliphatic carbocycles. The van der Waals surface area contributed by atoms with Crippen molar-refractivity contribution < 1.29 is 12.3 Å². The number of nitrogens with one attached hydrogen (secondary N) is 2. The van der Waals surface area contributed by atoms with Crippen molar-refractivity contribution in [3.05, 3.63) is 0 Å². The Morgan fingerprint density at radius 2 is 1.08 bits per heavy atom. The first kappa shape index (κ1) is 8.85. The van der Waals surface area contributed by atoms with Gasteiger partial charge in [-0.15, -0.1) is 0 Å². The first-order chi connectivity index (χ1) is 6.62. The molecule has 2 N–H and O–H groups in total. The van der Waals surface area contributed by atoms with E-state index in [1.165, 1.54) is 0 Å². The van der Waals surface area contributed by atoms with Crippen LogP contribution in [-0.2, 0) is 9.59 Å². The van der Waals surface area contributed by atoms with Crippen LogP contribution in [0, 0.1) is 10.8 Å². The second-order valence-corrected chi connectivity index (χ2v) is 1.94. The zero-order chi connectivity index (χ0) is 11.4. The van der Waals surface area contributed by atoms with Crippen molar-refractivity contribution in [3.63, 3.8) is 0 Å². The molecule has 1 aliphatic rings. The van der Waals surface area contributed by atoms with Gasteiger partial charge in [-0.2, -0.15) is 0 Å². The van der Waals surface area contributed by atoms with Crippen molar-refractivity contribution in [2.24, 2.45) is 0 Å². The topological polar surface area (TPSA) is 81.8 Å². The minimum Gasteiger partial charge on any atom is -0.222 e. The number of hydrogen-bond acceptors (Lipinski definition) is 4. The molecule has 4 nitrogen and oxygen atoms in total. The fourth-order valence-corrected chi connectivity index (χ4v) is 0.760. The molecule has 0 aromatic rings. The smallest absolute Gasteiger partial charge is 0.222 e. The number of isocyanates is 2. The van der Waals surface area contributed by atoms with Gasteiger partial charge in [0.15, 0.2) is 0 Å². The molecule has 0 radical (unpaired) electrons. The highest BCUT2D eigenvalue weighted by atomic mass is 16.1. The molecule has 0 aromatic carbocycles. The molecule has 4 heteroatoms. The lowest BCUT2D eigenvalue weighted by Gasteiger charge is -2.05. The fourth-order valence-electron chi connectivity index (χ4n) is 0.760.